The zero-order chi connectivity index (χ0) is 28.0. The summed E-state index contributed by atoms with van der Waals surface area (Å²) in [7, 11) is 0. The summed E-state index contributed by atoms with van der Waals surface area (Å²) in [5.41, 5.74) is 0.168. The molecule has 0 aliphatic carbocycles. The monoisotopic (exact) mass is 542 g/mol. The molecular formula is C29H29F3N2O5. The molecule has 1 aliphatic heterocycles. The van der Waals surface area contributed by atoms with E-state index in [0.717, 1.165) is 24.1 Å². The number of benzene rings is 3. The number of carbonyl (C=O) groups excluding carboxylic acids is 2. The van der Waals surface area contributed by atoms with Gasteiger partial charge < -0.3 is 24.8 Å². The molecule has 1 atom stereocenters. The van der Waals surface area contributed by atoms with E-state index in [0.29, 0.717) is 24.7 Å². The molecule has 0 radical (unpaired) electrons. The molecule has 7 nitrogen and oxygen atoms in total. The second-order valence-corrected chi connectivity index (χ2v) is 9.36. The number of anilines is 1. The maximum Gasteiger partial charge on any atom is 0.416 e. The molecular weight excluding hydrogens is 513 g/mol. The van der Waals surface area contributed by atoms with Gasteiger partial charge in [-0.25, -0.2) is 0 Å². The first-order valence-electron chi connectivity index (χ1n) is 12.5. The summed E-state index contributed by atoms with van der Waals surface area (Å²) in [6.45, 7) is 4.58. The summed E-state index contributed by atoms with van der Waals surface area (Å²) in [5, 5.41) is 5.42. The second-order valence-electron chi connectivity index (χ2n) is 9.36. The van der Waals surface area contributed by atoms with E-state index < -0.39 is 30.2 Å². The predicted molar refractivity (Wildman–Crippen MR) is 139 cm³/mol. The van der Waals surface area contributed by atoms with Crippen molar-refractivity contribution in [1.82, 2.24) is 5.32 Å². The van der Waals surface area contributed by atoms with Crippen LogP contribution in [-0.4, -0.2) is 31.6 Å². The Morgan fingerprint density at radius 2 is 1.69 bits per heavy atom. The summed E-state index contributed by atoms with van der Waals surface area (Å²) >= 11 is 0. The van der Waals surface area contributed by atoms with Gasteiger partial charge in [0.15, 0.2) is 18.1 Å². The Bertz CT molecular complexity index is 1330. The third kappa shape index (κ3) is 7.22. The highest BCUT2D eigenvalue weighted by Gasteiger charge is 2.30. The first-order chi connectivity index (χ1) is 18.6. The number of amides is 2. The van der Waals surface area contributed by atoms with Gasteiger partial charge in [0.1, 0.15) is 5.75 Å². The van der Waals surface area contributed by atoms with Crippen LogP contribution in [0, 0.1) is 5.92 Å². The largest absolute Gasteiger partial charge is 0.490 e. The van der Waals surface area contributed by atoms with Crippen LogP contribution < -0.4 is 24.8 Å². The van der Waals surface area contributed by atoms with Crippen molar-refractivity contribution in [3.63, 3.8) is 0 Å². The molecule has 0 fully saturated rings. The highest BCUT2D eigenvalue weighted by Crippen LogP contribution is 2.35. The molecule has 4 rings (SSSR count). The van der Waals surface area contributed by atoms with Gasteiger partial charge in [0.2, 0.25) is 0 Å². The molecule has 0 saturated heterocycles. The number of fused-ring (bicyclic) bond motifs is 1. The fourth-order valence-electron chi connectivity index (χ4n) is 4.12. The van der Waals surface area contributed by atoms with Gasteiger partial charge in [-0.05, 0) is 53.9 Å². The van der Waals surface area contributed by atoms with Crippen molar-refractivity contribution in [3.05, 3.63) is 83.4 Å². The van der Waals surface area contributed by atoms with Gasteiger partial charge in [0.25, 0.3) is 11.8 Å². The minimum Gasteiger partial charge on any atom is -0.490 e. The zero-order valence-electron chi connectivity index (χ0n) is 21.5. The predicted octanol–water partition coefficient (Wildman–Crippen LogP) is 6.01. The van der Waals surface area contributed by atoms with Crippen molar-refractivity contribution in [1.29, 1.82) is 0 Å². The number of alkyl halides is 3. The van der Waals surface area contributed by atoms with E-state index in [1.807, 2.05) is 32.0 Å². The number of carbonyl (C=O) groups is 2. The van der Waals surface area contributed by atoms with E-state index >= 15 is 0 Å². The van der Waals surface area contributed by atoms with Crippen LogP contribution >= 0.6 is 0 Å². The average molecular weight is 543 g/mol. The fourth-order valence-corrected chi connectivity index (χ4v) is 4.12. The molecule has 0 bridgehead atoms. The third-order valence-electron chi connectivity index (χ3n) is 6.05. The lowest BCUT2D eigenvalue weighted by Gasteiger charge is -2.24. The minimum atomic E-state index is -4.53. The fraction of sp³-hybridized carbons (Fsp3) is 0.310. The third-order valence-corrected chi connectivity index (χ3v) is 6.05. The molecule has 0 saturated carbocycles. The highest BCUT2D eigenvalue weighted by atomic mass is 19.4. The molecule has 10 heteroatoms. The van der Waals surface area contributed by atoms with Crippen LogP contribution in [0.4, 0.5) is 18.9 Å². The molecule has 1 unspecified atom stereocenters. The van der Waals surface area contributed by atoms with Crippen LogP contribution in [0.5, 0.6) is 17.2 Å². The number of nitrogens with one attached hydrogen (secondary N) is 2. The Morgan fingerprint density at radius 1 is 0.949 bits per heavy atom. The molecule has 39 heavy (non-hydrogen) atoms. The van der Waals surface area contributed by atoms with Crippen molar-refractivity contribution < 1.29 is 37.0 Å². The maximum absolute atomic E-state index is 13.3. The lowest BCUT2D eigenvalue weighted by Crippen LogP contribution is -2.32. The van der Waals surface area contributed by atoms with E-state index in [1.54, 1.807) is 24.3 Å². The molecule has 2 amide bonds. The van der Waals surface area contributed by atoms with Crippen LogP contribution in [0.3, 0.4) is 0 Å². The van der Waals surface area contributed by atoms with E-state index in [9.17, 15) is 22.8 Å². The van der Waals surface area contributed by atoms with Gasteiger partial charge in [-0.15, -0.1) is 0 Å². The average Bonchev–Trinajstić information content (AvgIpc) is 3.15. The molecule has 3 aromatic rings. The Labute approximate surface area is 224 Å². The summed E-state index contributed by atoms with van der Waals surface area (Å²) in [5.74, 6) is 0.402. The highest BCUT2D eigenvalue weighted by molar-refractivity contribution is 5.97. The maximum atomic E-state index is 13.3. The van der Waals surface area contributed by atoms with E-state index in [2.05, 4.69) is 10.6 Å². The van der Waals surface area contributed by atoms with Crippen molar-refractivity contribution in [3.8, 4) is 17.2 Å². The van der Waals surface area contributed by atoms with Gasteiger partial charge in [-0.1, -0.05) is 38.1 Å². The Morgan fingerprint density at radius 3 is 2.44 bits per heavy atom. The normalized spacial score (nSPS) is 13.8. The molecule has 0 spiro atoms. The quantitative estimate of drug-likeness (QED) is 0.364. The lowest BCUT2D eigenvalue weighted by molar-refractivity contribution is -0.137. The van der Waals surface area contributed by atoms with Crippen LogP contribution in [0.15, 0.2) is 66.7 Å². The Hall–Kier alpha value is -4.21. The summed E-state index contributed by atoms with van der Waals surface area (Å²) < 4.78 is 55.9. The molecule has 206 valence electrons. The standard InChI is InChI=1S/C29H29F3N2O5/c1-18(2)27(19-11-12-24-25(15-19)38-14-6-13-37-24)34-28(36)22-9-3-4-10-23(22)39-17-26(35)33-21-8-5-7-20(16-21)29(30,31)32/h3-5,7-12,15-16,18,27H,6,13-14,17H2,1-2H3,(H,33,35)(H,34,36). The zero-order valence-corrected chi connectivity index (χ0v) is 21.5. The van der Waals surface area contributed by atoms with Crippen molar-refractivity contribution in [2.75, 3.05) is 25.1 Å². The minimum absolute atomic E-state index is 0.0145. The lowest BCUT2D eigenvalue weighted by atomic mass is 9.95. The van der Waals surface area contributed by atoms with Gasteiger partial charge in [0.05, 0.1) is 30.4 Å². The van der Waals surface area contributed by atoms with Crippen LogP contribution in [-0.2, 0) is 11.0 Å². The molecule has 1 aliphatic rings. The van der Waals surface area contributed by atoms with Crippen LogP contribution in [0.25, 0.3) is 0 Å². The molecule has 2 N–H and O–H groups in total. The van der Waals surface area contributed by atoms with E-state index in [1.165, 1.54) is 12.1 Å². The second kappa shape index (κ2) is 12.1. The topological polar surface area (TPSA) is 85.9 Å². The van der Waals surface area contributed by atoms with Crippen LogP contribution in [0.2, 0.25) is 0 Å². The summed E-state index contributed by atoms with van der Waals surface area (Å²) in [6.07, 6.45) is -3.75. The Kier molecular flexibility index (Phi) is 8.63. The SMILES string of the molecule is CC(C)C(NC(=O)c1ccccc1OCC(=O)Nc1cccc(C(F)(F)F)c1)c1ccc2c(c1)OCCCO2. The van der Waals surface area contributed by atoms with Gasteiger partial charge in [-0.3, -0.25) is 9.59 Å². The number of hydrogen-bond acceptors (Lipinski definition) is 5. The van der Waals surface area contributed by atoms with Crippen molar-refractivity contribution in [2.45, 2.75) is 32.5 Å². The first kappa shape index (κ1) is 27.8. The van der Waals surface area contributed by atoms with Crippen molar-refractivity contribution >= 4 is 17.5 Å². The van der Waals surface area contributed by atoms with Gasteiger partial charge in [0, 0.05) is 12.1 Å². The van der Waals surface area contributed by atoms with Crippen molar-refractivity contribution in [2.24, 2.45) is 5.92 Å². The molecule has 0 aromatic heterocycles. The summed E-state index contributed by atoms with van der Waals surface area (Å²) in [4.78, 5) is 25.7. The first-order valence-corrected chi connectivity index (χ1v) is 12.5. The smallest absolute Gasteiger partial charge is 0.416 e. The number of ether oxygens (including phenoxy) is 3. The molecule has 3 aromatic carbocycles. The molecule has 1 heterocycles. The van der Waals surface area contributed by atoms with Gasteiger partial charge >= 0.3 is 6.18 Å². The van der Waals surface area contributed by atoms with E-state index in [-0.39, 0.29) is 29.0 Å². The van der Waals surface area contributed by atoms with Gasteiger partial charge in [-0.2, -0.15) is 13.2 Å². The number of rotatable bonds is 8. The van der Waals surface area contributed by atoms with Crippen LogP contribution in [0.1, 0.15) is 47.8 Å². The van der Waals surface area contributed by atoms with E-state index in [4.69, 9.17) is 14.2 Å². The number of para-hydroxylation sites is 1. The Balaban J connectivity index is 1.44. The number of halogens is 3. The summed E-state index contributed by atoms with van der Waals surface area (Å²) in [6, 6.07) is 16.0. The number of hydrogen-bond donors (Lipinski definition) is 2.